The van der Waals surface area contributed by atoms with Gasteiger partial charge in [-0.05, 0) is 38.7 Å². The van der Waals surface area contributed by atoms with Crippen LogP contribution in [-0.2, 0) is 6.54 Å². The van der Waals surface area contributed by atoms with Crippen molar-refractivity contribution in [3.8, 4) is 5.75 Å². The topological polar surface area (TPSA) is 53.8 Å². The van der Waals surface area contributed by atoms with Crippen LogP contribution in [0.1, 0.15) is 12.0 Å². The summed E-state index contributed by atoms with van der Waals surface area (Å²) in [4.78, 5) is 4.76. The Morgan fingerprint density at radius 3 is 2.84 bits per heavy atom. The van der Waals surface area contributed by atoms with Crippen molar-refractivity contribution in [2.45, 2.75) is 19.0 Å². The third kappa shape index (κ3) is 3.37. The highest BCUT2D eigenvalue weighted by Crippen LogP contribution is 2.25. The third-order valence-electron chi connectivity index (χ3n) is 3.82. The van der Waals surface area contributed by atoms with Gasteiger partial charge in [-0.3, -0.25) is 10.7 Å². The lowest BCUT2D eigenvalue weighted by Gasteiger charge is -2.21. The summed E-state index contributed by atoms with van der Waals surface area (Å²) in [6, 6.07) is 6.60. The fourth-order valence-electron chi connectivity index (χ4n) is 2.61. The van der Waals surface area contributed by atoms with Gasteiger partial charge in [0.2, 0.25) is 0 Å². The van der Waals surface area contributed by atoms with Gasteiger partial charge in [-0.15, -0.1) is 0 Å². The number of nitrogen functional groups attached to an aromatic ring is 1. The van der Waals surface area contributed by atoms with E-state index in [9.17, 15) is 0 Å². The molecule has 19 heavy (non-hydrogen) atoms. The Bertz CT molecular complexity index is 422. The largest absolute Gasteiger partial charge is 0.496 e. The minimum Gasteiger partial charge on any atom is -0.496 e. The van der Waals surface area contributed by atoms with Gasteiger partial charge in [0.15, 0.2) is 0 Å². The van der Waals surface area contributed by atoms with Crippen LogP contribution in [0.5, 0.6) is 5.75 Å². The summed E-state index contributed by atoms with van der Waals surface area (Å²) < 4.78 is 5.42. The lowest BCUT2D eigenvalue weighted by Crippen LogP contribution is -2.31. The van der Waals surface area contributed by atoms with Crippen molar-refractivity contribution in [2.24, 2.45) is 5.84 Å². The van der Waals surface area contributed by atoms with Gasteiger partial charge in [-0.1, -0.05) is 0 Å². The van der Waals surface area contributed by atoms with Crippen molar-refractivity contribution in [1.29, 1.82) is 0 Å². The number of nitrogens with zero attached hydrogens (tertiary/aromatic N) is 2. The van der Waals surface area contributed by atoms with Gasteiger partial charge in [0, 0.05) is 36.9 Å². The molecule has 0 saturated carbocycles. The number of hydrogen-bond donors (Lipinski definition) is 2. The van der Waals surface area contributed by atoms with Crippen LogP contribution in [-0.4, -0.2) is 50.1 Å². The van der Waals surface area contributed by atoms with Crippen LogP contribution in [0.15, 0.2) is 18.2 Å². The highest BCUT2D eigenvalue weighted by molar-refractivity contribution is 5.50. The van der Waals surface area contributed by atoms with Crippen molar-refractivity contribution in [3.05, 3.63) is 23.8 Å². The maximum atomic E-state index is 5.47. The first-order valence-corrected chi connectivity index (χ1v) is 6.66. The van der Waals surface area contributed by atoms with E-state index in [1.165, 1.54) is 12.0 Å². The maximum Gasteiger partial charge on any atom is 0.123 e. The summed E-state index contributed by atoms with van der Waals surface area (Å²) >= 11 is 0. The SMILES string of the molecule is COc1ccc(NN)cc1CN1CCC(N(C)C)C1. The first kappa shape index (κ1) is 14.1. The van der Waals surface area contributed by atoms with Crippen molar-refractivity contribution in [3.63, 3.8) is 0 Å². The zero-order valence-electron chi connectivity index (χ0n) is 12.0. The number of methoxy groups -OCH3 is 1. The molecule has 3 N–H and O–H groups in total. The molecule has 0 spiro atoms. The van der Waals surface area contributed by atoms with Crippen molar-refractivity contribution >= 4 is 5.69 Å². The van der Waals surface area contributed by atoms with E-state index in [1.54, 1.807) is 7.11 Å². The molecule has 0 amide bonds. The van der Waals surface area contributed by atoms with Crippen LogP contribution in [0.2, 0.25) is 0 Å². The van der Waals surface area contributed by atoms with Crippen LogP contribution in [0.3, 0.4) is 0 Å². The van der Waals surface area contributed by atoms with Gasteiger partial charge in [0.25, 0.3) is 0 Å². The molecule has 0 bridgehead atoms. The van der Waals surface area contributed by atoms with Crippen LogP contribution in [0.4, 0.5) is 5.69 Å². The lowest BCUT2D eigenvalue weighted by atomic mass is 10.1. The van der Waals surface area contributed by atoms with Gasteiger partial charge >= 0.3 is 0 Å². The average Bonchev–Trinajstić information content (AvgIpc) is 2.87. The molecule has 0 radical (unpaired) electrons. The molecule has 1 heterocycles. The quantitative estimate of drug-likeness (QED) is 0.616. The second kappa shape index (κ2) is 6.23. The number of ether oxygens (including phenoxy) is 1. The van der Waals surface area contributed by atoms with E-state index in [4.69, 9.17) is 10.6 Å². The van der Waals surface area contributed by atoms with Crippen molar-refractivity contribution in [2.75, 3.05) is 39.7 Å². The number of nitrogens with one attached hydrogen (secondary N) is 1. The van der Waals surface area contributed by atoms with E-state index in [0.717, 1.165) is 31.1 Å². The van der Waals surface area contributed by atoms with E-state index in [0.29, 0.717) is 6.04 Å². The molecule has 1 fully saturated rings. The molecular formula is C14H24N4O. The highest BCUT2D eigenvalue weighted by Gasteiger charge is 2.24. The predicted molar refractivity (Wildman–Crippen MR) is 78.2 cm³/mol. The molecule has 1 aromatic carbocycles. The standard InChI is InChI=1S/C14H24N4O/c1-17(2)13-6-7-18(10-13)9-11-8-12(16-15)4-5-14(11)19-3/h4-5,8,13,16H,6-7,9-10,15H2,1-3H3. The monoisotopic (exact) mass is 264 g/mol. The van der Waals surface area contributed by atoms with E-state index < -0.39 is 0 Å². The van der Waals surface area contributed by atoms with Crippen molar-refractivity contribution < 1.29 is 4.74 Å². The number of benzene rings is 1. The Hall–Kier alpha value is -1.30. The summed E-state index contributed by atoms with van der Waals surface area (Å²) in [5.74, 6) is 6.39. The summed E-state index contributed by atoms with van der Waals surface area (Å²) in [6.45, 7) is 3.14. The Morgan fingerprint density at radius 1 is 1.47 bits per heavy atom. The second-order valence-electron chi connectivity index (χ2n) is 5.31. The molecule has 0 aliphatic carbocycles. The fourth-order valence-corrected chi connectivity index (χ4v) is 2.61. The number of nitrogens with two attached hydrogens (primary N) is 1. The zero-order valence-corrected chi connectivity index (χ0v) is 12.0. The normalized spacial score (nSPS) is 19.9. The Balaban J connectivity index is 2.06. The van der Waals surface area contributed by atoms with E-state index in [-0.39, 0.29) is 0 Å². The van der Waals surface area contributed by atoms with Gasteiger partial charge in [-0.25, -0.2) is 0 Å². The lowest BCUT2D eigenvalue weighted by molar-refractivity contribution is 0.262. The number of likely N-dealkylation sites (N-methyl/N-ethyl adjacent to an activating group) is 1. The minimum atomic E-state index is 0.654. The van der Waals surface area contributed by atoms with Crippen LogP contribution in [0.25, 0.3) is 0 Å². The van der Waals surface area contributed by atoms with Crippen LogP contribution >= 0.6 is 0 Å². The predicted octanol–water partition coefficient (Wildman–Crippen LogP) is 1.12. The molecule has 1 unspecified atom stereocenters. The molecule has 1 aliphatic heterocycles. The maximum absolute atomic E-state index is 5.47. The van der Waals surface area contributed by atoms with Gasteiger partial charge < -0.3 is 15.1 Å². The van der Waals surface area contributed by atoms with Gasteiger partial charge in [-0.2, -0.15) is 0 Å². The van der Waals surface area contributed by atoms with E-state index >= 15 is 0 Å². The summed E-state index contributed by atoms with van der Waals surface area (Å²) in [6.07, 6.45) is 1.23. The smallest absolute Gasteiger partial charge is 0.123 e. The second-order valence-corrected chi connectivity index (χ2v) is 5.31. The Morgan fingerprint density at radius 2 is 2.26 bits per heavy atom. The molecule has 2 rings (SSSR count). The molecule has 106 valence electrons. The molecule has 1 saturated heterocycles. The molecule has 1 aromatic rings. The summed E-state index contributed by atoms with van der Waals surface area (Å²) in [5, 5.41) is 0. The molecule has 5 heteroatoms. The third-order valence-corrected chi connectivity index (χ3v) is 3.82. The number of hydrazine groups is 1. The van der Waals surface area contributed by atoms with Crippen LogP contribution < -0.4 is 16.0 Å². The highest BCUT2D eigenvalue weighted by atomic mass is 16.5. The molecular weight excluding hydrogens is 240 g/mol. The molecule has 5 nitrogen and oxygen atoms in total. The Labute approximate surface area is 115 Å². The number of likely N-dealkylation sites (tertiary alicyclic amines) is 1. The van der Waals surface area contributed by atoms with Gasteiger partial charge in [0.05, 0.1) is 7.11 Å². The number of hydrogen-bond acceptors (Lipinski definition) is 5. The van der Waals surface area contributed by atoms with Crippen LogP contribution in [0, 0.1) is 0 Å². The number of anilines is 1. The molecule has 0 aromatic heterocycles. The summed E-state index contributed by atoms with van der Waals surface area (Å²) in [5.41, 5.74) is 4.78. The first-order chi connectivity index (χ1) is 9.13. The van der Waals surface area contributed by atoms with Gasteiger partial charge in [0.1, 0.15) is 5.75 Å². The summed E-state index contributed by atoms with van der Waals surface area (Å²) in [7, 11) is 6.00. The minimum absolute atomic E-state index is 0.654. The zero-order chi connectivity index (χ0) is 13.8. The average molecular weight is 264 g/mol. The van der Waals surface area contributed by atoms with E-state index in [1.807, 2.05) is 12.1 Å². The first-order valence-electron chi connectivity index (χ1n) is 6.66. The fraction of sp³-hybridized carbons (Fsp3) is 0.571. The van der Waals surface area contributed by atoms with E-state index in [2.05, 4.69) is 35.4 Å². The number of rotatable bonds is 5. The molecule has 1 aliphatic rings. The Kier molecular flexibility index (Phi) is 4.63. The van der Waals surface area contributed by atoms with Crippen molar-refractivity contribution in [1.82, 2.24) is 9.80 Å². The molecule has 1 atom stereocenters.